The minimum Gasteiger partial charge on any atom is -0.367 e. The van der Waals surface area contributed by atoms with Crippen LogP contribution in [0.5, 0.6) is 0 Å². The predicted molar refractivity (Wildman–Crippen MR) is 148 cm³/mol. The van der Waals surface area contributed by atoms with E-state index in [0.717, 1.165) is 18.2 Å². The van der Waals surface area contributed by atoms with Crippen molar-refractivity contribution in [1.82, 2.24) is 9.03 Å². The summed E-state index contributed by atoms with van der Waals surface area (Å²) in [4.78, 5) is -0.0832. The molecule has 1 aliphatic heterocycles. The molecule has 13 heteroatoms. The summed E-state index contributed by atoms with van der Waals surface area (Å²) in [6.45, 7) is 5.71. The average molecular weight is 621 g/mol. The molecule has 0 spiro atoms. The number of halogens is 3. The molecule has 2 aliphatic rings. The van der Waals surface area contributed by atoms with E-state index in [9.17, 15) is 26.3 Å². The Labute approximate surface area is 239 Å². The Kier molecular flexibility index (Phi) is 9.02. The fourth-order valence-electron chi connectivity index (χ4n) is 5.27. The van der Waals surface area contributed by atoms with Crippen LogP contribution in [0.1, 0.15) is 58.4 Å². The lowest BCUT2D eigenvalue weighted by Crippen LogP contribution is -2.49. The van der Waals surface area contributed by atoms with E-state index < -0.39 is 60.3 Å². The molecule has 40 heavy (non-hydrogen) atoms. The maximum Gasteiger partial charge on any atom is 0.279 e. The smallest absolute Gasteiger partial charge is 0.279 e. The third kappa shape index (κ3) is 6.38. The minimum atomic E-state index is -4.24. The fraction of sp³-hybridized carbons (Fsp3) is 0.556. The number of hydrogen-bond donors (Lipinski definition) is 2. The number of hydrogen-bond acceptors (Lipinski definition) is 6. The van der Waals surface area contributed by atoms with E-state index in [1.165, 1.54) is 28.6 Å². The molecule has 1 saturated carbocycles. The van der Waals surface area contributed by atoms with Crippen molar-refractivity contribution in [2.75, 3.05) is 13.1 Å². The summed E-state index contributed by atoms with van der Waals surface area (Å²) < 4.78 is 91.4. The molecular formula is C27H35ClF2N2O6S2. The largest absolute Gasteiger partial charge is 0.367 e. The fourth-order valence-corrected chi connectivity index (χ4v) is 9.07. The number of nitrogens with one attached hydrogen (secondary N) is 1. The van der Waals surface area contributed by atoms with Crippen molar-refractivity contribution >= 4 is 31.6 Å². The summed E-state index contributed by atoms with van der Waals surface area (Å²) in [5, 5.41) is 10.6. The summed E-state index contributed by atoms with van der Waals surface area (Å²) in [5.74, 6) is -1.62. The molecule has 2 N–H and O–H groups in total. The third-order valence-electron chi connectivity index (χ3n) is 7.68. The highest BCUT2D eigenvalue weighted by Crippen LogP contribution is 2.48. The summed E-state index contributed by atoms with van der Waals surface area (Å²) in [6.07, 6.45) is -1.20. The molecule has 2 aromatic rings. The number of benzene rings is 2. The summed E-state index contributed by atoms with van der Waals surface area (Å²) in [6, 6.07) is 7.60. The van der Waals surface area contributed by atoms with Crippen LogP contribution in [0.4, 0.5) is 8.78 Å². The Hall–Kier alpha value is -1.67. The molecule has 2 unspecified atom stereocenters. The van der Waals surface area contributed by atoms with Crippen molar-refractivity contribution in [3.8, 4) is 0 Å². The quantitative estimate of drug-likeness (QED) is 0.420. The van der Waals surface area contributed by atoms with Crippen LogP contribution in [0.15, 0.2) is 47.4 Å². The van der Waals surface area contributed by atoms with Gasteiger partial charge in [0.25, 0.3) is 10.2 Å². The van der Waals surface area contributed by atoms with Crippen molar-refractivity contribution in [1.29, 1.82) is 0 Å². The van der Waals surface area contributed by atoms with Crippen molar-refractivity contribution < 1.29 is 35.5 Å². The minimum absolute atomic E-state index is 0.0680. The molecule has 222 valence electrons. The maximum atomic E-state index is 15.1. The first kappa shape index (κ1) is 31.3. The lowest BCUT2D eigenvalue weighted by atomic mass is 9.80. The second kappa shape index (κ2) is 11.5. The molecule has 0 bridgehead atoms. The second-order valence-corrected chi connectivity index (χ2v) is 16.0. The zero-order valence-electron chi connectivity index (χ0n) is 22.6. The predicted octanol–water partition coefficient (Wildman–Crippen LogP) is 4.52. The van der Waals surface area contributed by atoms with Gasteiger partial charge in [-0.15, -0.1) is 0 Å². The van der Waals surface area contributed by atoms with Gasteiger partial charge in [-0.2, -0.15) is 17.4 Å². The van der Waals surface area contributed by atoms with Crippen molar-refractivity contribution in [3.63, 3.8) is 0 Å². The first-order valence-corrected chi connectivity index (χ1v) is 16.4. The molecule has 2 fully saturated rings. The Balaban J connectivity index is 1.53. The first-order chi connectivity index (χ1) is 18.5. The second-order valence-electron chi connectivity index (χ2n) is 11.6. The number of aliphatic hydroxyl groups excluding tert-OH is 1. The van der Waals surface area contributed by atoms with Crippen LogP contribution in [0.25, 0.3) is 0 Å². The van der Waals surface area contributed by atoms with E-state index in [1.807, 2.05) is 20.8 Å². The van der Waals surface area contributed by atoms with Gasteiger partial charge in [0.1, 0.15) is 16.4 Å². The van der Waals surface area contributed by atoms with Gasteiger partial charge in [0, 0.05) is 35.1 Å². The number of ether oxygens (including phenoxy) is 1. The van der Waals surface area contributed by atoms with E-state index in [-0.39, 0.29) is 49.2 Å². The molecule has 8 nitrogen and oxygen atoms in total. The third-order valence-corrected chi connectivity index (χ3v) is 12.1. The first-order valence-electron chi connectivity index (χ1n) is 13.1. The van der Waals surface area contributed by atoms with E-state index >= 15 is 4.39 Å². The summed E-state index contributed by atoms with van der Waals surface area (Å²) in [5.41, 5.74) is -0.798. The van der Waals surface area contributed by atoms with Gasteiger partial charge >= 0.3 is 0 Å². The highest BCUT2D eigenvalue weighted by Gasteiger charge is 2.50. The standard InChI is InChI=1S/C27H35ClF2N2O6S2/c1-26(2,3)25(33)38-21-12-15-32(17-21)40(36,37)31-20-10-13-27(14-11-20,23-16-19(29)6-9-24(23)30)39(34,35)22-7-4-18(28)5-8-22/h4-9,16,20-21,25,31,33H,10-15,17H2,1-3H3. The number of rotatable bonds is 8. The van der Waals surface area contributed by atoms with Gasteiger partial charge in [0.05, 0.1) is 11.0 Å². The Morgan fingerprint density at radius 1 is 1.05 bits per heavy atom. The molecule has 2 aromatic carbocycles. The number of aliphatic hydroxyl groups is 1. The monoisotopic (exact) mass is 620 g/mol. The number of sulfone groups is 1. The van der Waals surface area contributed by atoms with Gasteiger partial charge in [-0.1, -0.05) is 32.4 Å². The topological polar surface area (TPSA) is 113 Å². The molecule has 0 amide bonds. The maximum absolute atomic E-state index is 15.1. The van der Waals surface area contributed by atoms with Gasteiger partial charge in [0.15, 0.2) is 16.1 Å². The van der Waals surface area contributed by atoms with E-state index in [1.54, 1.807) is 0 Å². The van der Waals surface area contributed by atoms with Crippen LogP contribution in [-0.2, 0) is 29.5 Å². The van der Waals surface area contributed by atoms with Crippen LogP contribution >= 0.6 is 11.6 Å². The molecule has 1 aliphatic carbocycles. The number of nitrogens with zero attached hydrogens (tertiary/aromatic N) is 1. The van der Waals surface area contributed by atoms with Crippen LogP contribution in [0.2, 0.25) is 5.02 Å². The van der Waals surface area contributed by atoms with Gasteiger partial charge in [0.2, 0.25) is 0 Å². The lowest BCUT2D eigenvalue weighted by Gasteiger charge is -2.40. The molecule has 0 aromatic heterocycles. The molecule has 1 heterocycles. The molecule has 2 atom stereocenters. The van der Waals surface area contributed by atoms with Gasteiger partial charge in [-0.3, -0.25) is 0 Å². The van der Waals surface area contributed by atoms with Crippen LogP contribution in [0.3, 0.4) is 0 Å². The van der Waals surface area contributed by atoms with E-state index in [4.69, 9.17) is 16.3 Å². The van der Waals surface area contributed by atoms with Crippen LogP contribution in [-0.4, -0.2) is 57.8 Å². The zero-order valence-corrected chi connectivity index (χ0v) is 25.0. The van der Waals surface area contributed by atoms with Crippen LogP contribution < -0.4 is 4.72 Å². The van der Waals surface area contributed by atoms with Gasteiger partial charge < -0.3 is 9.84 Å². The van der Waals surface area contributed by atoms with E-state index in [0.29, 0.717) is 11.4 Å². The highest BCUT2D eigenvalue weighted by atomic mass is 35.5. The normalized spacial score (nSPS) is 25.7. The van der Waals surface area contributed by atoms with Crippen molar-refractivity contribution in [2.45, 2.75) is 81.0 Å². The Bertz CT molecular complexity index is 1420. The average Bonchev–Trinajstić information content (AvgIpc) is 3.35. The molecule has 1 saturated heterocycles. The van der Waals surface area contributed by atoms with E-state index in [2.05, 4.69) is 4.72 Å². The summed E-state index contributed by atoms with van der Waals surface area (Å²) in [7, 11) is -8.19. The summed E-state index contributed by atoms with van der Waals surface area (Å²) >= 11 is 5.94. The van der Waals surface area contributed by atoms with Crippen LogP contribution in [0, 0.1) is 17.0 Å². The Morgan fingerprint density at radius 2 is 1.68 bits per heavy atom. The molecule has 4 rings (SSSR count). The Morgan fingerprint density at radius 3 is 2.27 bits per heavy atom. The SMILES string of the molecule is CC(C)(C)C(O)OC1CCN(S(=O)(=O)NC2CCC(c3cc(F)ccc3F)(S(=O)(=O)c3ccc(Cl)cc3)CC2)C1. The lowest BCUT2D eigenvalue weighted by molar-refractivity contribution is -0.183. The van der Waals surface area contributed by atoms with Gasteiger partial charge in [-0.25, -0.2) is 17.2 Å². The zero-order chi connectivity index (χ0) is 29.5. The molecular weight excluding hydrogens is 586 g/mol. The van der Waals surface area contributed by atoms with Gasteiger partial charge in [-0.05, 0) is 74.6 Å². The van der Waals surface area contributed by atoms with Crippen molar-refractivity contribution in [3.05, 3.63) is 64.7 Å². The molecule has 0 radical (unpaired) electrons. The van der Waals surface area contributed by atoms with Crippen molar-refractivity contribution in [2.24, 2.45) is 5.41 Å². The highest BCUT2D eigenvalue weighted by molar-refractivity contribution is 7.92.